The molecule has 1 aromatic rings. The van der Waals surface area contributed by atoms with Gasteiger partial charge in [0.1, 0.15) is 0 Å². The number of rotatable bonds is 4. The summed E-state index contributed by atoms with van der Waals surface area (Å²) in [7, 11) is -0.992. The molecule has 5 heteroatoms. The fraction of sp³-hybridized carbons (Fsp3) is 0.538. The van der Waals surface area contributed by atoms with Crippen LogP contribution in [-0.4, -0.2) is 49.6 Å². The number of aliphatic hydroxyl groups is 1. The summed E-state index contributed by atoms with van der Waals surface area (Å²) in [5.41, 5.74) is 0.866. The molecule has 0 spiro atoms. The number of aliphatic hydroxyl groups excluding tert-OH is 1. The first-order chi connectivity index (χ1) is 8.48. The summed E-state index contributed by atoms with van der Waals surface area (Å²) in [4.78, 5) is 1.95. The molecule has 4 nitrogen and oxygen atoms in total. The molecule has 0 saturated carbocycles. The number of likely N-dealkylation sites (N-methyl/N-ethyl adjacent to an activating group) is 1. The van der Waals surface area contributed by atoms with Gasteiger partial charge in [0, 0.05) is 12.6 Å². The molecule has 0 radical (unpaired) electrons. The Balaban J connectivity index is 1.94. The van der Waals surface area contributed by atoms with Crippen LogP contribution in [0.15, 0.2) is 30.3 Å². The van der Waals surface area contributed by atoms with Crippen molar-refractivity contribution in [2.24, 2.45) is 0 Å². The lowest BCUT2D eigenvalue weighted by Crippen LogP contribution is -2.35. The first-order valence-electron chi connectivity index (χ1n) is 6.11. The maximum Gasteiger partial charge on any atom is 0.151 e. The molecule has 2 unspecified atom stereocenters. The van der Waals surface area contributed by atoms with Crippen LogP contribution in [0.1, 0.15) is 18.1 Å². The summed E-state index contributed by atoms with van der Waals surface area (Å²) in [5, 5.41) is 10.1. The SMILES string of the molecule is CN(CC(O)c1ccccc1)C1CCS(=O)(=O)C1. The first-order valence-corrected chi connectivity index (χ1v) is 7.94. The standard InChI is InChI=1S/C13H19NO3S/c1-14(12-7-8-18(16,17)10-12)9-13(15)11-5-3-2-4-6-11/h2-6,12-13,15H,7-10H2,1H3. The Morgan fingerprint density at radius 3 is 2.61 bits per heavy atom. The minimum atomic E-state index is -2.86. The molecule has 2 rings (SSSR count). The van der Waals surface area contributed by atoms with E-state index in [1.54, 1.807) is 0 Å². The minimum Gasteiger partial charge on any atom is -0.387 e. The van der Waals surface area contributed by atoms with Crippen LogP contribution >= 0.6 is 0 Å². The lowest BCUT2D eigenvalue weighted by molar-refractivity contribution is 0.110. The van der Waals surface area contributed by atoms with Gasteiger partial charge in [-0.25, -0.2) is 8.42 Å². The monoisotopic (exact) mass is 269 g/mol. The van der Waals surface area contributed by atoms with Crippen LogP contribution in [0.25, 0.3) is 0 Å². The van der Waals surface area contributed by atoms with E-state index in [4.69, 9.17) is 0 Å². The van der Waals surface area contributed by atoms with Crippen molar-refractivity contribution in [3.63, 3.8) is 0 Å². The molecule has 1 N–H and O–H groups in total. The van der Waals surface area contributed by atoms with E-state index in [9.17, 15) is 13.5 Å². The van der Waals surface area contributed by atoms with Crippen molar-refractivity contribution >= 4 is 9.84 Å². The van der Waals surface area contributed by atoms with Crippen LogP contribution in [0.2, 0.25) is 0 Å². The molecule has 0 bridgehead atoms. The van der Waals surface area contributed by atoms with E-state index in [1.807, 2.05) is 42.3 Å². The lowest BCUT2D eigenvalue weighted by Gasteiger charge is -2.25. The largest absolute Gasteiger partial charge is 0.387 e. The molecule has 1 aliphatic rings. The van der Waals surface area contributed by atoms with Gasteiger partial charge in [-0.05, 0) is 19.0 Å². The van der Waals surface area contributed by atoms with Crippen molar-refractivity contribution in [2.45, 2.75) is 18.6 Å². The third-order valence-corrected chi connectivity index (χ3v) is 5.23. The van der Waals surface area contributed by atoms with Crippen molar-refractivity contribution in [1.82, 2.24) is 4.90 Å². The van der Waals surface area contributed by atoms with Crippen molar-refractivity contribution in [3.8, 4) is 0 Å². The van der Waals surface area contributed by atoms with Crippen molar-refractivity contribution in [1.29, 1.82) is 0 Å². The van der Waals surface area contributed by atoms with Gasteiger partial charge in [0.15, 0.2) is 9.84 Å². The molecule has 1 aromatic carbocycles. The fourth-order valence-corrected chi connectivity index (χ4v) is 4.13. The smallest absolute Gasteiger partial charge is 0.151 e. The van der Waals surface area contributed by atoms with Crippen LogP contribution in [-0.2, 0) is 9.84 Å². The highest BCUT2D eigenvalue weighted by molar-refractivity contribution is 7.91. The van der Waals surface area contributed by atoms with Gasteiger partial charge in [0.2, 0.25) is 0 Å². The van der Waals surface area contributed by atoms with E-state index in [-0.39, 0.29) is 17.5 Å². The van der Waals surface area contributed by atoms with Crippen molar-refractivity contribution in [3.05, 3.63) is 35.9 Å². The van der Waals surface area contributed by atoms with Gasteiger partial charge in [-0.1, -0.05) is 30.3 Å². The molecule has 1 fully saturated rings. The Labute approximate surface area is 108 Å². The first kappa shape index (κ1) is 13.5. The summed E-state index contributed by atoms with van der Waals surface area (Å²) < 4.78 is 22.8. The molecule has 0 aliphatic carbocycles. The van der Waals surface area contributed by atoms with Gasteiger partial charge >= 0.3 is 0 Å². The average Bonchev–Trinajstić information content (AvgIpc) is 2.71. The van der Waals surface area contributed by atoms with Gasteiger partial charge in [0.05, 0.1) is 17.6 Å². The van der Waals surface area contributed by atoms with Crippen molar-refractivity contribution in [2.75, 3.05) is 25.1 Å². The Morgan fingerprint density at radius 2 is 2.06 bits per heavy atom. The Bertz CT molecular complexity index is 486. The zero-order valence-electron chi connectivity index (χ0n) is 10.5. The molecule has 0 aromatic heterocycles. The summed E-state index contributed by atoms with van der Waals surface area (Å²) in [6.45, 7) is 0.462. The van der Waals surface area contributed by atoms with Crippen LogP contribution in [0.4, 0.5) is 0 Å². The Kier molecular flexibility index (Phi) is 4.04. The van der Waals surface area contributed by atoms with Gasteiger partial charge in [-0.15, -0.1) is 0 Å². The van der Waals surface area contributed by atoms with Gasteiger partial charge in [-0.2, -0.15) is 0 Å². The maximum atomic E-state index is 11.4. The van der Waals surface area contributed by atoms with Crippen molar-refractivity contribution < 1.29 is 13.5 Å². The third-order valence-electron chi connectivity index (χ3n) is 3.48. The second kappa shape index (κ2) is 5.38. The molecule has 1 aliphatic heterocycles. The van der Waals surface area contributed by atoms with E-state index in [0.717, 1.165) is 5.56 Å². The second-order valence-electron chi connectivity index (χ2n) is 4.92. The summed E-state index contributed by atoms with van der Waals surface area (Å²) in [5.74, 6) is 0.481. The molecule has 100 valence electrons. The summed E-state index contributed by atoms with van der Waals surface area (Å²) >= 11 is 0. The summed E-state index contributed by atoms with van der Waals surface area (Å²) in [6.07, 6.45) is 0.0971. The quantitative estimate of drug-likeness (QED) is 0.880. The number of nitrogens with zero attached hydrogens (tertiary/aromatic N) is 1. The zero-order valence-corrected chi connectivity index (χ0v) is 11.3. The van der Waals surface area contributed by atoms with Gasteiger partial charge < -0.3 is 5.11 Å². The van der Waals surface area contributed by atoms with Crippen LogP contribution < -0.4 is 0 Å². The molecule has 2 atom stereocenters. The molecule has 18 heavy (non-hydrogen) atoms. The minimum absolute atomic E-state index is 0.0355. The predicted octanol–water partition coefficient (Wildman–Crippen LogP) is 0.839. The third kappa shape index (κ3) is 3.31. The van der Waals surface area contributed by atoms with Crippen LogP contribution in [0.5, 0.6) is 0 Å². The maximum absolute atomic E-state index is 11.4. The van der Waals surface area contributed by atoms with E-state index >= 15 is 0 Å². The Morgan fingerprint density at radius 1 is 1.39 bits per heavy atom. The second-order valence-corrected chi connectivity index (χ2v) is 7.15. The number of hydrogen-bond donors (Lipinski definition) is 1. The van der Waals surface area contributed by atoms with Gasteiger partial charge in [0.25, 0.3) is 0 Å². The van der Waals surface area contributed by atoms with E-state index in [1.165, 1.54) is 0 Å². The molecular formula is C13H19NO3S. The molecule has 1 saturated heterocycles. The van der Waals surface area contributed by atoms with Gasteiger partial charge in [-0.3, -0.25) is 4.90 Å². The zero-order chi connectivity index (χ0) is 13.2. The highest BCUT2D eigenvalue weighted by Crippen LogP contribution is 2.20. The number of benzene rings is 1. The predicted molar refractivity (Wildman–Crippen MR) is 71.1 cm³/mol. The van der Waals surface area contributed by atoms with E-state index in [2.05, 4.69) is 0 Å². The average molecular weight is 269 g/mol. The number of hydrogen-bond acceptors (Lipinski definition) is 4. The highest BCUT2D eigenvalue weighted by atomic mass is 32.2. The number of sulfone groups is 1. The van der Waals surface area contributed by atoms with E-state index < -0.39 is 15.9 Å². The molecular weight excluding hydrogens is 250 g/mol. The van der Waals surface area contributed by atoms with E-state index in [0.29, 0.717) is 13.0 Å². The lowest BCUT2D eigenvalue weighted by atomic mass is 10.1. The highest BCUT2D eigenvalue weighted by Gasteiger charge is 2.31. The van der Waals surface area contributed by atoms with Crippen LogP contribution in [0, 0.1) is 0 Å². The normalized spacial score (nSPS) is 24.3. The molecule has 0 amide bonds. The molecule has 1 heterocycles. The fourth-order valence-electron chi connectivity index (χ4n) is 2.33. The topological polar surface area (TPSA) is 57.6 Å². The van der Waals surface area contributed by atoms with Crippen LogP contribution in [0.3, 0.4) is 0 Å². The summed E-state index contributed by atoms with van der Waals surface area (Å²) in [6, 6.07) is 9.47. The Hall–Kier alpha value is -0.910.